The Balaban J connectivity index is 1.31. The number of rotatable bonds is 8. The van der Waals surface area contributed by atoms with Gasteiger partial charge in [0.15, 0.2) is 0 Å². The zero-order valence-electron chi connectivity index (χ0n) is 18.6. The van der Waals surface area contributed by atoms with Gasteiger partial charge in [-0.05, 0) is 55.8 Å². The molecule has 0 aliphatic carbocycles. The Morgan fingerprint density at radius 3 is 2.73 bits per heavy atom. The largest absolute Gasteiger partial charge is 0.362 e. The van der Waals surface area contributed by atoms with Crippen LogP contribution in [0.3, 0.4) is 0 Å². The van der Waals surface area contributed by atoms with Crippen LogP contribution in [0.2, 0.25) is 10.0 Å². The maximum Gasteiger partial charge on any atom is 0.210 e. The molecule has 180 valence electrons. The summed E-state index contributed by atoms with van der Waals surface area (Å²) in [6.07, 6.45) is 5.78. The molecular formula is C22H30Cl2N6O2S. The molecule has 0 spiro atoms. The molecule has 2 aliphatic rings. The fourth-order valence-corrected chi connectivity index (χ4v) is 5.75. The lowest BCUT2D eigenvalue weighted by molar-refractivity contribution is 0.125. The summed E-state index contributed by atoms with van der Waals surface area (Å²) >= 11 is 12.3. The summed E-state index contributed by atoms with van der Waals surface area (Å²) in [5.41, 5.74) is 0.946. The van der Waals surface area contributed by atoms with E-state index in [2.05, 4.69) is 20.1 Å². The summed E-state index contributed by atoms with van der Waals surface area (Å²) in [7, 11) is -3.42. The fourth-order valence-electron chi connectivity index (χ4n) is 4.66. The number of likely N-dealkylation sites (tertiary alicyclic amines) is 1. The first-order chi connectivity index (χ1) is 15.7. The van der Waals surface area contributed by atoms with Gasteiger partial charge >= 0.3 is 0 Å². The number of halogens is 2. The summed E-state index contributed by atoms with van der Waals surface area (Å²) in [4.78, 5) is 13.6. The zero-order valence-corrected chi connectivity index (χ0v) is 21.0. The van der Waals surface area contributed by atoms with E-state index in [0.717, 1.165) is 44.0 Å². The van der Waals surface area contributed by atoms with Crippen molar-refractivity contribution in [1.29, 1.82) is 0 Å². The summed E-state index contributed by atoms with van der Waals surface area (Å²) in [5, 5.41) is 9.76. The predicted molar refractivity (Wildman–Crippen MR) is 133 cm³/mol. The number of aromatic nitrogens is 2. The quantitative estimate of drug-likeness (QED) is 0.558. The van der Waals surface area contributed by atoms with Gasteiger partial charge in [0.25, 0.3) is 0 Å². The smallest absolute Gasteiger partial charge is 0.210 e. The maximum atomic E-state index is 11.3. The number of anilines is 2. The van der Waals surface area contributed by atoms with Gasteiger partial charge in [0, 0.05) is 36.2 Å². The van der Waals surface area contributed by atoms with Crippen molar-refractivity contribution >= 4 is 44.9 Å². The molecule has 0 radical (unpaired) electrons. The van der Waals surface area contributed by atoms with Crippen molar-refractivity contribution in [3.8, 4) is 0 Å². The van der Waals surface area contributed by atoms with Crippen LogP contribution in [0.15, 0.2) is 30.6 Å². The van der Waals surface area contributed by atoms with Crippen molar-refractivity contribution in [3.63, 3.8) is 0 Å². The average molecular weight is 513 g/mol. The van der Waals surface area contributed by atoms with E-state index in [1.54, 1.807) is 18.5 Å². The number of nitrogens with two attached hydrogens (primary N) is 1. The number of hydrogen-bond donors (Lipinski definition) is 2. The highest BCUT2D eigenvalue weighted by Gasteiger charge is 2.36. The third-order valence-corrected chi connectivity index (χ3v) is 7.86. The standard InChI is InChI=1S/C22H30Cl2N6O2S/c1-15(19-5-4-18(23)9-20(19)24)27-21-10-26-11-22(28-21)30-13-17(14-30)16-3-2-6-29(12-16)7-8-33(25,31)32/h4-5,9-11,15-17H,2-3,6-8,12-14H2,1H3,(H,27,28)(H2,25,31,32)/t15-,16-/m1/s1. The molecule has 11 heteroatoms. The number of hydrogen-bond acceptors (Lipinski definition) is 7. The first kappa shape index (κ1) is 24.5. The van der Waals surface area contributed by atoms with Crippen LogP contribution in [0, 0.1) is 11.8 Å². The highest BCUT2D eigenvalue weighted by atomic mass is 35.5. The van der Waals surface area contributed by atoms with Gasteiger partial charge in [-0.15, -0.1) is 0 Å². The molecular weight excluding hydrogens is 483 g/mol. The lowest BCUT2D eigenvalue weighted by atomic mass is 9.80. The topological polar surface area (TPSA) is 104 Å². The van der Waals surface area contributed by atoms with Crippen LogP contribution in [-0.2, 0) is 10.0 Å². The summed E-state index contributed by atoms with van der Waals surface area (Å²) in [6.45, 7) is 6.28. The van der Waals surface area contributed by atoms with E-state index in [1.165, 1.54) is 6.42 Å². The van der Waals surface area contributed by atoms with Crippen LogP contribution in [-0.4, -0.2) is 61.8 Å². The Kier molecular flexibility index (Phi) is 7.65. The van der Waals surface area contributed by atoms with E-state index >= 15 is 0 Å². The Morgan fingerprint density at radius 2 is 2.00 bits per heavy atom. The molecule has 2 aromatic rings. The summed E-state index contributed by atoms with van der Waals surface area (Å²) in [5.74, 6) is 2.71. The van der Waals surface area contributed by atoms with E-state index in [0.29, 0.717) is 34.2 Å². The third-order valence-electron chi connectivity index (χ3n) is 6.55. The van der Waals surface area contributed by atoms with Crippen molar-refractivity contribution in [3.05, 3.63) is 46.2 Å². The molecule has 2 fully saturated rings. The molecule has 2 aliphatic heterocycles. The fraction of sp³-hybridized carbons (Fsp3) is 0.545. The SMILES string of the molecule is C[C@@H](Nc1cncc(N2CC([C@@H]3CCCN(CCS(N)(=O)=O)C3)C2)n1)c1ccc(Cl)cc1Cl. The second kappa shape index (κ2) is 10.3. The number of sulfonamides is 1. The van der Waals surface area contributed by atoms with Crippen LogP contribution < -0.4 is 15.4 Å². The van der Waals surface area contributed by atoms with Gasteiger partial charge in [-0.25, -0.2) is 18.5 Å². The van der Waals surface area contributed by atoms with Gasteiger partial charge in [0.2, 0.25) is 10.0 Å². The van der Waals surface area contributed by atoms with Crippen molar-refractivity contribution < 1.29 is 8.42 Å². The Bertz CT molecular complexity index is 1080. The predicted octanol–water partition coefficient (Wildman–Crippen LogP) is 3.39. The molecule has 8 nitrogen and oxygen atoms in total. The molecule has 1 aromatic carbocycles. The number of piperidine rings is 1. The molecule has 0 unspecified atom stereocenters. The Labute approximate surface area is 205 Å². The minimum absolute atomic E-state index is 0.0194. The molecule has 3 N–H and O–H groups in total. The lowest BCUT2D eigenvalue weighted by Gasteiger charge is -2.47. The number of primary sulfonamides is 1. The number of nitrogens with zero attached hydrogens (tertiary/aromatic N) is 4. The van der Waals surface area contributed by atoms with Gasteiger partial charge < -0.3 is 15.1 Å². The average Bonchev–Trinajstić information content (AvgIpc) is 2.71. The van der Waals surface area contributed by atoms with Crippen LogP contribution in [0.5, 0.6) is 0 Å². The van der Waals surface area contributed by atoms with Crippen LogP contribution in [0.4, 0.5) is 11.6 Å². The molecule has 4 rings (SSSR count). The highest BCUT2D eigenvalue weighted by molar-refractivity contribution is 7.89. The molecule has 0 bridgehead atoms. The number of nitrogens with one attached hydrogen (secondary N) is 1. The monoisotopic (exact) mass is 512 g/mol. The van der Waals surface area contributed by atoms with Gasteiger partial charge in [0.1, 0.15) is 11.6 Å². The summed E-state index contributed by atoms with van der Waals surface area (Å²) < 4.78 is 22.6. The molecule has 1 aromatic heterocycles. The maximum absolute atomic E-state index is 11.3. The van der Waals surface area contributed by atoms with Gasteiger partial charge in [-0.2, -0.15) is 0 Å². The molecule has 33 heavy (non-hydrogen) atoms. The second-order valence-electron chi connectivity index (χ2n) is 9.03. The van der Waals surface area contributed by atoms with E-state index in [-0.39, 0.29) is 11.8 Å². The molecule has 2 saturated heterocycles. The third kappa shape index (κ3) is 6.48. The number of benzene rings is 1. The Morgan fingerprint density at radius 1 is 1.21 bits per heavy atom. The minimum Gasteiger partial charge on any atom is -0.362 e. The molecule has 0 saturated carbocycles. The van der Waals surface area contributed by atoms with Gasteiger partial charge in [0.05, 0.1) is 24.2 Å². The van der Waals surface area contributed by atoms with E-state index in [9.17, 15) is 8.42 Å². The van der Waals surface area contributed by atoms with Gasteiger partial charge in [-0.1, -0.05) is 29.3 Å². The Hall–Kier alpha value is -1.65. The van der Waals surface area contributed by atoms with Crippen molar-refractivity contribution in [2.24, 2.45) is 17.0 Å². The zero-order chi connectivity index (χ0) is 23.6. The van der Waals surface area contributed by atoms with Crippen molar-refractivity contribution in [2.45, 2.75) is 25.8 Å². The summed E-state index contributed by atoms with van der Waals surface area (Å²) in [6, 6.07) is 5.43. The second-order valence-corrected chi connectivity index (χ2v) is 11.6. The van der Waals surface area contributed by atoms with Crippen LogP contribution >= 0.6 is 23.2 Å². The highest BCUT2D eigenvalue weighted by Crippen LogP contribution is 2.34. The minimum atomic E-state index is -3.42. The lowest BCUT2D eigenvalue weighted by Crippen LogP contribution is -2.54. The first-order valence-corrected chi connectivity index (χ1v) is 13.7. The van der Waals surface area contributed by atoms with E-state index in [1.807, 2.05) is 19.1 Å². The molecule has 3 heterocycles. The first-order valence-electron chi connectivity index (χ1n) is 11.2. The molecule has 0 amide bonds. The normalized spacial score (nSPS) is 21.0. The van der Waals surface area contributed by atoms with Gasteiger partial charge in [-0.3, -0.25) is 4.98 Å². The van der Waals surface area contributed by atoms with E-state index < -0.39 is 10.0 Å². The van der Waals surface area contributed by atoms with E-state index in [4.69, 9.17) is 33.3 Å². The van der Waals surface area contributed by atoms with Crippen LogP contribution in [0.25, 0.3) is 0 Å². The van der Waals surface area contributed by atoms with Crippen molar-refractivity contribution in [1.82, 2.24) is 14.9 Å². The van der Waals surface area contributed by atoms with Crippen LogP contribution in [0.1, 0.15) is 31.4 Å². The molecule has 2 atom stereocenters. The van der Waals surface area contributed by atoms with Crippen molar-refractivity contribution in [2.75, 3.05) is 48.7 Å².